The van der Waals surface area contributed by atoms with Crippen molar-refractivity contribution >= 4 is 16.7 Å². The summed E-state index contributed by atoms with van der Waals surface area (Å²) in [5.74, 6) is 0.296. The lowest BCUT2D eigenvalue weighted by atomic mass is 10.1. The number of ketones is 1. The van der Waals surface area contributed by atoms with Crippen molar-refractivity contribution in [1.29, 1.82) is 0 Å². The second-order valence-electron chi connectivity index (χ2n) is 4.11. The Kier molecular flexibility index (Phi) is 2.65. The van der Waals surface area contributed by atoms with E-state index in [4.69, 9.17) is 4.52 Å². The molecule has 2 aromatic carbocycles. The van der Waals surface area contributed by atoms with E-state index in [2.05, 4.69) is 5.16 Å². The Hall–Kier alpha value is -2.42. The molecule has 88 valence electrons. The van der Waals surface area contributed by atoms with Crippen molar-refractivity contribution in [2.24, 2.45) is 0 Å². The van der Waals surface area contributed by atoms with Crippen LogP contribution in [0, 0.1) is 0 Å². The van der Waals surface area contributed by atoms with Crippen molar-refractivity contribution in [3.63, 3.8) is 0 Å². The fourth-order valence-corrected chi connectivity index (χ4v) is 1.95. The summed E-state index contributed by atoms with van der Waals surface area (Å²) in [5.41, 5.74) is 1.69. The molecule has 0 saturated carbocycles. The summed E-state index contributed by atoms with van der Waals surface area (Å²) in [6, 6.07) is 17.0. The van der Waals surface area contributed by atoms with Crippen LogP contribution in [0.1, 0.15) is 16.1 Å². The number of hydrogen-bond donors (Lipinski definition) is 0. The SMILES string of the molecule is O=C(Cc1ccccc1)c1onc2ccccc12. The molecule has 3 nitrogen and oxygen atoms in total. The van der Waals surface area contributed by atoms with Crippen LogP contribution >= 0.6 is 0 Å². The number of hydrogen-bond acceptors (Lipinski definition) is 3. The van der Waals surface area contributed by atoms with Crippen LogP contribution < -0.4 is 0 Å². The van der Waals surface area contributed by atoms with Crippen molar-refractivity contribution in [3.05, 3.63) is 65.9 Å². The molecule has 3 rings (SSSR count). The molecule has 0 N–H and O–H groups in total. The van der Waals surface area contributed by atoms with E-state index in [1.165, 1.54) is 0 Å². The van der Waals surface area contributed by atoms with E-state index in [0.717, 1.165) is 10.9 Å². The smallest absolute Gasteiger partial charge is 0.210 e. The first-order valence-electron chi connectivity index (χ1n) is 5.76. The highest BCUT2D eigenvalue weighted by Crippen LogP contribution is 2.19. The summed E-state index contributed by atoms with van der Waals surface area (Å²) in [6.07, 6.45) is 0.333. The van der Waals surface area contributed by atoms with E-state index >= 15 is 0 Å². The first-order chi connectivity index (χ1) is 8.84. The number of rotatable bonds is 3. The summed E-state index contributed by atoms with van der Waals surface area (Å²) in [6.45, 7) is 0. The van der Waals surface area contributed by atoms with Crippen LogP contribution in [0.25, 0.3) is 10.9 Å². The fraction of sp³-hybridized carbons (Fsp3) is 0.0667. The Bertz CT molecular complexity index is 686. The van der Waals surface area contributed by atoms with Crippen LogP contribution in [-0.4, -0.2) is 10.9 Å². The van der Waals surface area contributed by atoms with Crippen molar-refractivity contribution in [2.75, 3.05) is 0 Å². The third kappa shape index (κ3) is 1.91. The Labute approximate surface area is 104 Å². The molecular weight excluding hydrogens is 226 g/mol. The summed E-state index contributed by atoms with van der Waals surface area (Å²) in [7, 11) is 0. The largest absolute Gasteiger partial charge is 0.352 e. The molecule has 0 spiro atoms. The number of benzene rings is 2. The van der Waals surface area contributed by atoms with Gasteiger partial charge < -0.3 is 4.52 Å². The molecule has 0 atom stereocenters. The molecular formula is C15H11NO2. The van der Waals surface area contributed by atoms with Crippen LogP contribution in [-0.2, 0) is 6.42 Å². The van der Waals surface area contributed by atoms with E-state index in [1.807, 2.05) is 54.6 Å². The van der Waals surface area contributed by atoms with Crippen LogP contribution in [0.5, 0.6) is 0 Å². The molecule has 0 radical (unpaired) electrons. The predicted molar refractivity (Wildman–Crippen MR) is 68.5 cm³/mol. The lowest BCUT2D eigenvalue weighted by Gasteiger charge is -1.97. The maximum Gasteiger partial charge on any atom is 0.210 e. The zero-order valence-electron chi connectivity index (χ0n) is 9.67. The monoisotopic (exact) mass is 237 g/mol. The second kappa shape index (κ2) is 4.45. The summed E-state index contributed by atoms with van der Waals surface area (Å²) in [5, 5.41) is 4.66. The van der Waals surface area contributed by atoms with Gasteiger partial charge in [0.05, 0.1) is 5.39 Å². The normalized spacial score (nSPS) is 10.7. The molecule has 0 aliphatic carbocycles. The third-order valence-corrected chi connectivity index (χ3v) is 2.84. The minimum Gasteiger partial charge on any atom is -0.352 e. The molecule has 0 saturated heterocycles. The lowest BCUT2D eigenvalue weighted by Crippen LogP contribution is -2.02. The fourth-order valence-electron chi connectivity index (χ4n) is 1.95. The third-order valence-electron chi connectivity index (χ3n) is 2.84. The molecule has 18 heavy (non-hydrogen) atoms. The Balaban J connectivity index is 1.93. The Morgan fingerprint density at radius 3 is 2.56 bits per heavy atom. The first kappa shape index (κ1) is 10.7. The molecule has 3 heteroatoms. The van der Waals surface area contributed by atoms with E-state index in [-0.39, 0.29) is 5.78 Å². The van der Waals surface area contributed by atoms with E-state index in [9.17, 15) is 4.79 Å². The van der Waals surface area contributed by atoms with Gasteiger partial charge in [-0.05, 0) is 17.7 Å². The molecule has 1 aromatic heterocycles. The molecule has 0 aliphatic rings. The molecule has 0 unspecified atom stereocenters. The van der Waals surface area contributed by atoms with Crippen molar-refractivity contribution in [2.45, 2.75) is 6.42 Å². The zero-order valence-corrected chi connectivity index (χ0v) is 9.67. The van der Waals surface area contributed by atoms with Gasteiger partial charge in [0.1, 0.15) is 5.52 Å². The highest BCUT2D eigenvalue weighted by Gasteiger charge is 2.16. The molecule has 0 fully saturated rings. The number of aromatic nitrogens is 1. The van der Waals surface area contributed by atoms with Crippen LogP contribution in [0.4, 0.5) is 0 Å². The van der Waals surface area contributed by atoms with Gasteiger partial charge in [0, 0.05) is 6.42 Å². The van der Waals surface area contributed by atoms with Gasteiger partial charge in [0.25, 0.3) is 0 Å². The average Bonchev–Trinajstić information content (AvgIpc) is 2.84. The number of fused-ring (bicyclic) bond motifs is 1. The molecule has 3 aromatic rings. The quantitative estimate of drug-likeness (QED) is 0.657. The second-order valence-corrected chi connectivity index (χ2v) is 4.11. The summed E-state index contributed by atoms with van der Waals surface area (Å²) in [4.78, 5) is 12.2. The molecule has 0 bridgehead atoms. The van der Waals surface area contributed by atoms with Gasteiger partial charge in [-0.3, -0.25) is 4.79 Å². The van der Waals surface area contributed by atoms with Gasteiger partial charge in [0.2, 0.25) is 11.5 Å². The zero-order chi connectivity index (χ0) is 12.4. The van der Waals surface area contributed by atoms with Gasteiger partial charge in [-0.1, -0.05) is 47.6 Å². The minimum atomic E-state index is -0.0464. The average molecular weight is 237 g/mol. The summed E-state index contributed by atoms with van der Waals surface area (Å²) < 4.78 is 5.15. The lowest BCUT2D eigenvalue weighted by molar-refractivity contribution is 0.0960. The van der Waals surface area contributed by atoms with Crippen LogP contribution in [0.15, 0.2) is 59.1 Å². The van der Waals surface area contributed by atoms with E-state index in [0.29, 0.717) is 17.7 Å². The standard InChI is InChI=1S/C15H11NO2/c17-14(10-11-6-2-1-3-7-11)15-12-8-4-5-9-13(12)16-18-15/h1-9H,10H2. The molecule has 1 heterocycles. The van der Waals surface area contributed by atoms with E-state index < -0.39 is 0 Å². The van der Waals surface area contributed by atoms with Gasteiger partial charge in [-0.25, -0.2) is 0 Å². The number of Topliss-reactive ketones (excluding diaryl/α,β-unsaturated/α-hetero) is 1. The van der Waals surface area contributed by atoms with Gasteiger partial charge in [-0.15, -0.1) is 0 Å². The maximum absolute atomic E-state index is 12.2. The van der Waals surface area contributed by atoms with Gasteiger partial charge in [-0.2, -0.15) is 0 Å². The summed E-state index contributed by atoms with van der Waals surface area (Å²) >= 11 is 0. The van der Waals surface area contributed by atoms with Crippen LogP contribution in [0.3, 0.4) is 0 Å². The Morgan fingerprint density at radius 2 is 1.72 bits per heavy atom. The van der Waals surface area contributed by atoms with Crippen LogP contribution in [0.2, 0.25) is 0 Å². The van der Waals surface area contributed by atoms with E-state index in [1.54, 1.807) is 0 Å². The number of carbonyl (C=O) groups is 1. The number of nitrogens with zero attached hydrogens (tertiary/aromatic N) is 1. The van der Waals surface area contributed by atoms with Crippen molar-refractivity contribution in [1.82, 2.24) is 5.16 Å². The highest BCUT2D eigenvalue weighted by atomic mass is 16.5. The topological polar surface area (TPSA) is 43.1 Å². The molecule has 0 amide bonds. The molecule has 0 aliphatic heterocycles. The van der Waals surface area contributed by atoms with Crippen molar-refractivity contribution in [3.8, 4) is 0 Å². The maximum atomic E-state index is 12.2. The first-order valence-corrected chi connectivity index (χ1v) is 5.76. The minimum absolute atomic E-state index is 0.0464. The predicted octanol–water partition coefficient (Wildman–Crippen LogP) is 3.25. The van der Waals surface area contributed by atoms with Crippen molar-refractivity contribution < 1.29 is 9.32 Å². The Morgan fingerprint density at radius 1 is 1.00 bits per heavy atom. The number of carbonyl (C=O) groups excluding carboxylic acids is 1. The van der Waals surface area contributed by atoms with Gasteiger partial charge in [0.15, 0.2) is 0 Å². The van der Waals surface area contributed by atoms with Gasteiger partial charge >= 0.3 is 0 Å². The highest BCUT2D eigenvalue weighted by molar-refractivity contribution is 6.05.